The first-order valence-electron chi connectivity index (χ1n) is 11.9. The van der Waals surface area contributed by atoms with Crippen molar-refractivity contribution in [1.29, 1.82) is 0 Å². The molecule has 37 heavy (non-hydrogen) atoms. The summed E-state index contributed by atoms with van der Waals surface area (Å²) in [6.07, 6.45) is 0.114. The van der Waals surface area contributed by atoms with Crippen LogP contribution in [-0.4, -0.2) is 23.5 Å². The van der Waals surface area contributed by atoms with Gasteiger partial charge in [-0.15, -0.1) is 0 Å². The van der Waals surface area contributed by atoms with E-state index in [1.165, 1.54) is 29.2 Å². The maximum Gasteiger partial charge on any atom is 0.251 e. The molecule has 0 saturated heterocycles. The molecule has 4 aromatic carbocycles. The Balaban J connectivity index is 1.51. The normalized spacial score (nSPS) is 12.6. The number of anilines is 1. The summed E-state index contributed by atoms with van der Waals surface area (Å²) in [6.45, 7) is 0.312. The Hall–Kier alpha value is -4.65. The average molecular weight is 497 g/mol. The zero-order valence-corrected chi connectivity index (χ0v) is 20.0. The zero-order chi connectivity index (χ0) is 25.6. The van der Waals surface area contributed by atoms with Crippen molar-refractivity contribution >= 4 is 17.5 Å². The van der Waals surface area contributed by atoms with Crippen LogP contribution < -0.4 is 14.8 Å². The number of carbonyl (C=O) groups is 2. The van der Waals surface area contributed by atoms with Crippen molar-refractivity contribution in [2.45, 2.75) is 19.0 Å². The highest BCUT2D eigenvalue weighted by atomic mass is 19.1. The van der Waals surface area contributed by atoms with Gasteiger partial charge in [-0.1, -0.05) is 72.8 Å². The van der Waals surface area contributed by atoms with Crippen LogP contribution >= 0.6 is 0 Å². The van der Waals surface area contributed by atoms with Gasteiger partial charge in [0, 0.05) is 18.3 Å². The fourth-order valence-corrected chi connectivity index (χ4v) is 4.28. The largest absolute Gasteiger partial charge is 0.454 e. The van der Waals surface area contributed by atoms with Crippen molar-refractivity contribution in [3.05, 3.63) is 126 Å². The number of hydrogen-bond acceptors (Lipinski definition) is 4. The molecule has 0 aromatic heterocycles. The Morgan fingerprint density at radius 3 is 2.16 bits per heavy atom. The van der Waals surface area contributed by atoms with E-state index in [0.29, 0.717) is 22.7 Å². The smallest absolute Gasteiger partial charge is 0.251 e. The fraction of sp³-hybridized carbons (Fsp3) is 0.133. The van der Waals surface area contributed by atoms with E-state index in [0.717, 1.165) is 11.1 Å². The summed E-state index contributed by atoms with van der Waals surface area (Å²) >= 11 is 0. The number of amides is 2. The van der Waals surface area contributed by atoms with Crippen LogP contribution in [0.25, 0.3) is 0 Å². The highest BCUT2D eigenvalue weighted by Crippen LogP contribution is 2.35. The Kier molecular flexibility index (Phi) is 7.12. The molecule has 1 aliphatic rings. The number of benzene rings is 4. The van der Waals surface area contributed by atoms with Gasteiger partial charge >= 0.3 is 0 Å². The van der Waals surface area contributed by atoms with Crippen LogP contribution in [0.3, 0.4) is 0 Å². The molecule has 2 amide bonds. The lowest BCUT2D eigenvalue weighted by atomic mass is 10.0. The molecule has 5 rings (SSSR count). The van der Waals surface area contributed by atoms with Crippen molar-refractivity contribution in [1.82, 2.24) is 4.90 Å². The molecular formula is C30H25FN2O4. The average Bonchev–Trinajstić information content (AvgIpc) is 3.38. The third-order valence-corrected chi connectivity index (χ3v) is 6.10. The standard InChI is InChI=1S/C30H25FN2O4/c31-24-13-11-23(12-14-24)29(30(35)32-25-15-16-26-27(18-25)37-20-36-26)33(19-22-9-5-2-6-10-22)28(34)17-21-7-3-1-4-8-21/h1-16,18,29H,17,19-20H2,(H,32,35). The summed E-state index contributed by atoms with van der Waals surface area (Å²) in [5.74, 6) is 0.0335. The van der Waals surface area contributed by atoms with Gasteiger partial charge in [0.25, 0.3) is 5.91 Å². The van der Waals surface area contributed by atoms with E-state index >= 15 is 0 Å². The minimum absolute atomic E-state index is 0.114. The van der Waals surface area contributed by atoms with E-state index in [9.17, 15) is 14.0 Å². The second-order valence-corrected chi connectivity index (χ2v) is 8.68. The first-order chi connectivity index (χ1) is 18.1. The Morgan fingerprint density at radius 2 is 1.46 bits per heavy atom. The van der Waals surface area contributed by atoms with Crippen LogP contribution in [0.15, 0.2) is 103 Å². The number of hydrogen-bond donors (Lipinski definition) is 1. The van der Waals surface area contributed by atoms with Crippen molar-refractivity contribution in [3.8, 4) is 11.5 Å². The SMILES string of the molecule is O=C(Nc1ccc2c(c1)OCO2)C(c1ccc(F)cc1)N(Cc1ccccc1)C(=O)Cc1ccccc1. The molecule has 0 bridgehead atoms. The maximum atomic E-state index is 13.8. The quantitative estimate of drug-likeness (QED) is 0.350. The van der Waals surface area contributed by atoms with Crippen molar-refractivity contribution in [2.24, 2.45) is 0 Å². The molecule has 1 aliphatic heterocycles. The molecule has 1 atom stereocenters. The molecule has 186 valence electrons. The minimum Gasteiger partial charge on any atom is -0.454 e. The molecule has 0 aliphatic carbocycles. The lowest BCUT2D eigenvalue weighted by Crippen LogP contribution is -2.41. The van der Waals surface area contributed by atoms with E-state index in [1.807, 2.05) is 60.7 Å². The Bertz CT molecular complexity index is 1380. The highest BCUT2D eigenvalue weighted by Gasteiger charge is 2.32. The molecule has 7 heteroatoms. The van der Waals surface area contributed by atoms with Crippen LogP contribution in [0.4, 0.5) is 10.1 Å². The van der Waals surface area contributed by atoms with E-state index in [-0.39, 0.29) is 25.7 Å². The summed E-state index contributed by atoms with van der Waals surface area (Å²) in [7, 11) is 0. The molecule has 0 spiro atoms. The lowest BCUT2D eigenvalue weighted by Gasteiger charge is -2.32. The molecule has 6 nitrogen and oxygen atoms in total. The van der Waals surface area contributed by atoms with Gasteiger partial charge in [-0.05, 0) is 41.0 Å². The highest BCUT2D eigenvalue weighted by molar-refractivity contribution is 5.98. The van der Waals surface area contributed by atoms with E-state index < -0.39 is 17.8 Å². The third kappa shape index (κ3) is 5.78. The second kappa shape index (κ2) is 11.0. The molecule has 0 radical (unpaired) electrons. The summed E-state index contributed by atoms with van der Waals surface area (Å²) < 4.78 is 24.6. The molecule has 0 fully saturated rings. The van der Waals surface area contributed by atoms with Gasteiger partial charge in [-0.2, -0.15) is 0 Å². The van der Waals surface area contributed by atoms with E-state index in [1.54, 1.807) is 18.2 Å². The van der Waals surface area contributed by atoms with E-state index in [4.69, 9.17) is 9.47 Å². The number of halogens is 1. The third-order valence-electron chi connectivity index (χ3n) is 6.10. The Labute approximate surface area is 214 Å². The van der Waals surface area contributed by atoms with Crippen LogP contribution in [0.2, 0.25) is 0 Å². The van der Waals surface area contributed by atoms with Crippen molar-refractivity contribution in [2.75, 3.05) is 12.1 Å². The molecule has 1 N–H and O–H groups in total. The summed E-state index contributed by atoms with van der Waals surface area (Å²) in [6, 6.07) is 28.6. The number of carbonyl (C=O) groups excluding carboxylic acids is 2. The van der Waals surface area contributed by atoms with Gasteiger partial charge < -0.3 is 19.7 Å². The maximum absolute atomic E-state index is 13.8. The molecule has 4 aromatic rings. The van der Waals surface area contributed by atoms with Crippen LogP contribution in [0.5, 0.6) is 11.5 Å². The number of ether oxygens (including phenoxy) is 2. The van der Waals surface area contributed by atoms with Gasteiger partial charge in [0.15, 0.2) is 11.5 Å². The van der Waals surface area contributed by atoms with Crippen LogP contribution in [0.1, 0.15) is 22.7 Å². The molecule has 1 heterocycles. The fourth-order valence-electron chi connectivity index (χ4n) is 4.28. The number of rotatable bonds is 8. The summed E-state index contributed by atoms with van der Waals surface area (Å²) in [5, 5.41) is 2.91. The second-order valence-electron chi connectivity index (χ2n) is 8.68. The first-order valence-corrected chi connectivity index (χ1v) is 11.9. The summed E-state index contributed by atoms with van der Waals surface area (Å²) in [4.78, 5) is 29.1. The number of nitrogens with zero attached hydrogens (tertiary/aromatic N) is 1. The van der Waals surface area contributed by atoms with Gasteiger partial charge in [-0.3, -0.25) is 9.59 Å². The molecule has 1 unspecified atom stereocenters. The number of nitrogens with one attached hydrogen (secondary N) is 1. The predicted molar refractivity (Wildman–Crippen MR) is 137 cm³/mol. The topological polar surface area (TPSA) is 67.9 Å². The lowest BCUT2D eigenvalue weighted by molar-refractivity contribution is -0.139. The monoisotopic (exact) mass is 496 g/mol. The molecule has 0 saturated carbocycles. The minimum atomic E-state index is -1.01. The van der Waals surface area contributed by atoms with Gasteiger partial charge in [0.2, 0.25) is 12.7 Å². The van der Waals surface area contributed by atoms with Gasteiger partial charge in [-0.25, -0.2) is 4.39 Å². The van der Waals surface area contributed by atoms with Crippen LogP contribution in [-0.2, 0) is 22.6 Å². The van der Waals surface area contributed by atoms with Crippen molar-refractivity contribution in [3.63, 3.8) is 0 Å². The van der Waals surface area contributed by atoms with Crippen LogP contribution in [0, 0.1) is 5.82 Å². The molecular weight excluding hydrogens is 471 g/mol. The van der Waals surface area contributed by atoms with Gasteiger partial charge in [0.1, 0.15) is 11.9 Å². The predicted octanol–water partition coefficient (Wildman–Crippen LogP) is 5.51. The Morgan fingerprint density at radius 1 is 0.811 bits per heavy atom. The van der Waals surface area contributed by atoms with Gasteiger partial charge in [0.05, 0.1) is 6.42 Å². The zero-order valence-electron chi connectivity index (χ0n) is 20.0. The van der Waals surface area contributed by atoms with E-state index in [2.05, 4.69) is 5.32 Å². The first kappa shape index (κ1) is 24.1. The van der Waals surface area contributed by atoms with Crippen molar-refractivity contribution < 1.29 is 23.5 Å². The summed E-state index contributed by atoms with van der Waals surface area (Å²) in [5.41, 5.74) is 2.69. The number of fused-ring (bicyclic) bond motifs is 1.